The average Bonchev–Trinajstić information content (AvgIpc) is 2.30. The molecule has 0 N–H and O–H groups in total. The van der Waals surface area contributed by atoms with Crippen LogP contribution in [0.1, 0.15) is 17.5 Å². The Morgan fingerprint density at radius 1 is 1.50 bits per heavy atom. The van der Waals surface area contributed by atoms with Crippen molar-refractivity contribution in [1.82, 2.24) is 9.97 Å². The van der Waals surface area contributed by atoms with E-state index < -0.39 is 11.8 Å². The number of hydrogen-bond acceptors (Lipinski definition) is 4. The Hall–Kier alpha value is -1.27. The molecule has 0 bridgehead atoms. The minimum Gasteiger partial charge on any atom is -0.460 e. The van der Waals surface area contributed by atoms with Crippen LogP contribution in [-0.2, 0) is 4.74 Å². The minimum atomic E-state index is -0.700. The summed E-state index contributed by atoms with van der Waals surface area (Å²) < 4.78 is 18.8. The Labute approximate surface area is 115 Å². The van der Waals surface area contributed by atoms with E-state index >= 15 is 0 Å². The lowest BCUT2D eigenvalue weighted by Crippen LogP contribution is -2.10. The molecule has 0 spiro atoms. The smallest absolute Gasteiger partial charge is 0.376 e. The first-order valence-corrected chi connectivity index (χ1v) is 6.19. The van der Waals surface area contributed by atoms with Crippen molar-refractivity contribution < 1.29 is 13.9 Å². The monoisotopic (exact) mass is 332 g/mol. The van der Waals surface area contributed by atoms with Gasteiger partial charge in [-0.1, -0.05) is 11.6 Å². The Balaban J connectivity index is 2.65. The molecule has 1 heterocycles. The van der Waals surface area contributed by atoms with Gasteiger partial charge in [0.1, 0.15) is 10.1 Å². The first-order chi connectivity index (χ1) is 8.52. The normalized spacial score (nSPS) is 10.7. The van der Waals surface area contributed by atoms with Gasteiger partial charge in [0, 0.05) is 10.4 Å². The minimum absolute atomic E-state index is 0.0179. The fourth-order valence-corrected chi connectivity index (χ4v) is 2.08. The van der Waals surface area contributed by atoms with Crippen molar-refractivity contribution in [2.45, 2.75) is 6.92 Å². The number of nitrogens with zero attached hydrogens (tertiary/aromatic N) is 2. The highest BCUT2D eigenvalue weighted by atomic mass is 79.9. The second kappa shape index (κ2) is 5.16. The van der Waals surface area contributed by atoms with Crippen molar-refractivity contribution >= 4 is 44.4 Å². The van der Waals surface area contributed by atoms with Crippen LogP contribution in [-0.4, -0.2) is 22.5 Å². The van der Waals surface area contributed by atoms with Gasteiger partial charge in [-0.3, -0.25) is 0 Å². The van der Waals surface area contributed by atoms with Gasteiger partial charge in [0.05, 0.1) is 6.61 Å². The van der Waals surface area contributed by atoms with Crippen molar-refractivity contribution in [2.24, 2.45) is 0 Å². The van der Waals surface area contributed by atoms with Crippen LogP contribution in [0.4, 0.5) is 4.39 Å². The highest BCUT2D eigenvalue weighted by Gasteiger charge is 2.16. The summed E-state index contributed by atoms with van der Waals surface area (Å²) in [6.45, 7) is 1.86. The summed E-state index contributed by atoms with van der Waals surface area (Å²) >= 11 is 8.89. The van der Waals surface area contributed by atoms with E-state index in [0.717, 1.165) is 6.07 Å². The van der Waals surface area contributed by atoms with Gasteiger partial charge in [0.2, 0.25) is 5.82 Å². The second-order valence-electron chi connectivity index (χ2n) is 3.34. The highest BCUT2D eigenvalue weighted by molar-refractivity contribution is 9.10. The topological polar surface area (TPSA) is 52.1 Å². The zero-order valence-corrected chi connectivity index (χ0v) is 11.5. The molecule has 0 aliphatic heterocycles. The molecule has 0 fully saturated rings. The Kier molecular flexibility index (Phi) is 3.77. The number of ether oxygens (including phenoxy) is 1. The molecular formula is C11H7BrClFN2O2. The fraction of sp³-hybridized carbons (Fsp3) is 0.182. The Morgan fingerprint density at radius 3 is 2.89 bits per heavy atom. The van der Waals surface area contributed by atoms with Crippen LogP contribution in [0.5, 0.6) is 0 Å². The van der Waals surface area contributed by atoms with Crippen LogP contribution in [0, 0.1) is 5.82 Å². The number of fused-ring (bicyclic) bond motifs is 1. The predicted molar refractivity (Wildman–Crippen MR) is 68.2 cm³/mol. The third-order valence-corrected chi connectivity index (χ3v) is 2.95. The van der Waals surface area contributed by atoms with Gasteiger partial charge < -0.3 is 4.74 Å². The molecule has 1 aromatic carbocycles. The van der Waals surface area contributed by atoms with E-state index in [2.05, 4.69) is 25.9 Å². The third kappa shape index (κ3) is 2.44. The SMILES string of the molecule is CCOC(=O)c1nc(Br)c2cc(Cl)cc(F)c2n1. The maximum atomic E-state index is 13.7. The Bertz CT molecular complexity index is 636. The van der Waals surface area contributed by atoms with Crippen molar-refractivity contribution in [3.63, 3.8) is 0 Å². The number of esters is 1. The van der Waals surface area contributed by atoms with Crippen molar-refractivity contribution in [1.29, 1.82) is 0 Å². The van der Waals surface area contributed by atoms with E-state index in [9.17, 15) is 9.18 Å². The van der Waals surface area contributed by atoms with Gasteiger partial charge in [-0.2, -0.15) is 0 Å². The molecule has 4 nitrogen and oxygen atoms in total. The van der Waals surface area contributed by atoms with E-state index in [1.165, 1.54) is 6.07 Å². The molecule has 0 amide bonds. The lowest BCUT2D eigenvalue weighted by molar-refractivity contribution is 0.0512. The molecule has 0 radical (unpaired) electrons. The first-order valence-electron chi connectivity index (χ1n) is 5.02. The molecular weight excluding hydrogens is 326 g/mol. The number of benzene rings is 1. The molecule has 2 rings (SSSR count). The summed E-state index contributed by atoms with van der Waals surface area (Å²) in [7, 11) is 0. The van der Waals surface area contributed by atoms with E-state index in [1.807, 2.05) is 0 Å². The van der Waals surface area contributed by atoms with Gasteiger partial charge in [-0.15, -0.1) is 0 Å². The van der Waals surface area contributed by atoms with Crippen molar-refractivity contribution in [3.05, 3.63) is 33.4 Å². The summed E-state index contributed by atoms with van der Waals surface area (Å²) in [5.41, 5.74) is 0.0179. The Morgan fingerprint density at radius 2 is 2.22 bits per heavy atom. The molecule has 0 atom stereocenters. The number of rotatable bonds is 2. The van der Waals surface area contributed by atoms with Gasteiger partial charge in [-0.05, 0) is 35.0 Å². The van der Waals surface area contributed by atoms with Crippen LogP contribution in [0.2, 0.25) is 5.02 Å². The molecule has 2 aromatic rings. The molecule has 18 heavy (non-hydrogen) atoms. The summed E-state index contributed by atoms with van der Waals surface area (Å²) in [5.74, 6) is -1.52. The first kappa shape index (κ1) is 13.2. The lowest BCUT2D eigenvalue weighted by Gasteiger charge is -2.05. The number of hydrogen-bond donors (Lipinski definition) is 0. The van der Waals surface area contributed by atoms with Crippen LogP contribution < -0.4 is 0 Å². The van der Waals surface area contributed by atoms with Crippen molar-refractivity contribution in [3.8, 4) is 0 Å². The zero-order valence-electron chi connectivity index (χ0n) is 9.21. The maximum Gasteiger partial charge on any atom is 0.376 e. The van der Waals surface area contributed by atoms with Gasteiger partial charge in [-0.25, -0.2) is 19.2 Å². The van der Waals surface area contributed by atoms with Gasteiger partial charge >= 0.3 is 5.97 Å². The van der Waals surface area contributed by atoms with E-state index in [-0.39, 0.29) is 27.6 Å². The number of carbonyl (C=O) groups excluding carboxylic acids is 1. The summed E-state index contributed by atoms with van der Waals surface area (Å²) in [6, 6.07) is 2.64. The molecule has 94 valence electrons. The quantitative estimate of drug-likeness (QED) is 0.624. The molecule has 0 unspecified atom stereocenters. The number of aromatic nitrogens is 2. The van der Waals surface area contributed by atoms with Crippen LogP contribution in [0.25, 0.3) is 10.9 Å². The van der Waals surface area contributed by atoms with E-state index in [1.54, 1.807) is 6.92 Å². The molecule has 1 aromatic heterocycles. The largest absolute Gasteiger partial charge is 0.460 e. The second-order valence-corrected chi connectivity index (χ2v) is 4.53. The molecule has 7 heteroatoms. The predicted octanol–water partition coefficient (Wildman–Crippen LogP) is 3.36. The molecule has 0 aliphatic rings. The molecule has 0 aliphatic carbocycles. The average molecular weight is 334 g/mol. The van der Waals surface area contributed by atoms with Gasteiger partial charge in [0.15, 0.2) is 5.82 Å². The van der Waals surface area contributed by atoms with E-state index in [0.29, 0.717) is 5.39 Å². The standard InChI is InChI=1S/C11H7BrClFN2O2/c1-2-18-11(17)10-15-8-6(9(12)16-10)3-5(13)4-7(8)14/h3-4H,2H2,1H3. The fourth-order valence-electron chi connectivity index (χ4n) is 1.41. The van der Waals surface area contributed by atoms with Crippen LogP contribution in [0.3, 0.4) is 0 Å². The summed E-state index contributed by atoms with van der Waals surface area (Å²) in [5, 5.41) is 0.626. The summed E-state index contributed by atoms with van der Waals surface area (Å²) in [4.78, 5) is 19.3. The van der Waals surface area contributed by atoms with Crippen molar-refractivity contribution in [2.75, 3.05) is 6.61 Å². The number of carbonyl (C=O) groups is 1. The molecule has 0 saturated carbocycles. The van der Waals surface area contributed by atoms with Crippen LogP contribution in [0.15, 0.2) is 16.7 Å². The summed E-state index contributed by atoms with van der Waals surface area (Å²) in [6.07, 6.45) is 0. The van der Waals surface area contributed by atoms with E-state index in [4.69, 9.17) is 16.3 Å². The zero-order chi connectivity index (χ0) is 13.3. The van der Waals surface area contributed by atoms with Gasteiger partial charge in [0.25, 0.3) is 0 Å². The molecule has 0 saturated heterocycles. The highest BCUT2D eigenvalue weighted by Crippen LogP contribution is 2.26. The number of halogens is 3. The third-order valence-electron chi connectivity index (χ3n) is 2.13. The maximum absolute atomic E-state index is 13.7. The van der Waals surface area contributed by atoms with Crippen LogP contribution >= 0.6 is 27.5 Å². The lowest BCUT2D eigenvalue weighted by atomic mass is 10.2.